The molecule has 1 atom stereocenters. The number of aromatic nitrogens is 2. The van der Waals surface area contributed by atoms with Crippen LogP contribution in [0.25, 0.3) is 5.57 Å². The molecular weight excluding hydrogens is 258 g/mol. The predicted molar refractivity (Wildman–Crippen MR) is 63.5 cm³/mol. The van der Waals surface area contributed by atoms with Crippen LogP contribution in [0.3, 0.4) is 0 Å². The Hall–Kier alpha value is -1.09. The van der Waals surface area contributed by atoms with E-state index in [1.165, 1.54) is 28.7 Å². The fourth-order valence-electron chi connectivity index (χ4n) is 1.74. The fraction of sp³-hybridized carbons (Fsp3) is 0.455. The van der Waals surface area contributed by atoms with E-state index in [1.54, 1.807) is 0 Å². The van der Waals surface area contributed by atoms with Crippen LogP contribution in [0.1, 0.15) is 12.1 Å². The summed E-state index contributed by atoms with van der Waals surface area (Å²) in [6, 6.07) is 0. The summed E-state index contributed by atoms with van der Waals surface area (Å²) in [5.74, 6) is 3.01. The molecule has 17 heavy (non-hydrogen) atoms. The van der Waals surface area contributed by atoms with E-state index in [0.717, 1.165) is 18.7 Å². The van der Waals surface area contributed by atoms with Gasteiger partial charge in [0.1, 0.15) is 12.2 Å². The molecule has 1 aliphatic heterocycles. The Kier molecular flexibility index (Phi) is 5.42. The summed E-state index contributed by atoms with van der Waals surface area (Å²) < 4.78 is 13.8. The summed E-state index contributed by atoms with van der Waals surface area (Å²) in [5, 5.41) is 0. The molecule has 4 nitrogen and oxygen atoms in total. The Morgan fingerprint density at radius 2 is 2.41 bits per heavy atom. The molecule has 0 aromatic carbocycles. The minimum atomic E-state index is 0. The molecule has 1 aliphatic rings. The second-order valence-corrected chi connectivity index (χ2v) is 4.34. The van der Waals surface area contributed by atoms with Crippen molar-refractivity contribution in [2.75, 3.05) is 26.7 Å². The summed E-state index contributed by atoms with van der Waals surface area (Å²) in [6.07, 6.45) is 8.45. The molecule has 2 heterocycles. The molecule has 1 aromatic rings. The van der Waals surface area contributed by atoms with Crippen molar-refractivity contribution in [1.29, 1.82) is 0 Å². The number of hydrogen-bond acceptors (Lipinski definition) is 4. The molecule has 0 spiro atoms. The molecule has 0 aliphatic carbocycles. The normalized spacial score (nSPS) is 18.8. The number of nitrogens with zero attached hydrogens (tertiary/aromatic N) is 2. The van der Waals surface area contributed by atoms with Gasteiger partial charge in [-0.3, -0.25) is 0 Å². The van der Waals surface area contributed by atoms with Gasteiger partial charge in [-0.2, -0.15) is 4.37 Å². The first-order valence-electron chi connectivity index (χ1n) is 5.20. The van der Waals surface area contributed by atoms with Gasteiger partial charge in [0.25, 0.3) is 5.88 Å². The summed E-state index contributed by atoms with van der Waals surface area (Å²) >= 11 is 1.17. The van der Waals surface area contributed by atoms with Crippen LogP contribution in [0.5, 0.6) is 5.88 Å². The largest absolute Gasteiger partial charge is 1.00 e. The van der Waals surface area contributed by atoms with Crippen molar-refractivity contribution in [2.45, 2.75) is 6.42 Å². The van der Waals surface area contributed by atoms with Crippen LogP contribution in [0.15, 0.2) is 6.08 Å². The Bertz CT molecular complexity index is 438. The molecular formula is C11H14ClN3OS. The highest BCUT2D eigenvalue weighted by Gasteiger charge is 2.20. The van der Waals surface area contributed by atoms with Gasteiger partial charge in [-0.25, -0.2) is 0 Å². The molecule has 0 saturated carbocycles. The van der Waals surface area contributed by atoms with Crippen molar-refractivity contribution in [3.63, 3.8) is 0 Å². The van der Waals surface area contributed by atoms with Crippen LogP contribution >= 0.6 is 11.7 Å². The second kappa shape index (κ2) is 6.60. The number of hydrogen-bond donors (Lipinski definition) is 1. The first-order chi connectivity index (χ1) is 7.81. The highest BCUT2D eigenvalue weighted by molar-refractivity contribution is 6.99. The highest BCUT2D eigenvalue weighted by Crippen LogP contribution is 2.23. The molecule has 1 unspecified atom stereocenters. The van der Waals surface area contributed by atoms with Crippen molar-refractivity contribution in [2.24, 2.45) is 0 Å². The fourth-order valence-corrected chi connectivity index (χ4v) is 2.27. The quantitative estimate of drug-likeness (QED) is 0.591. The van der Waals surface area contributed by atoms with Crippen molar-refractivity contribution < 1.29 is 22.0 Å². The SMILES string of the molecule is C#CCOc1nsnc1C1=CCC[NH+](C)C1.[Cl-]. The molecule has 0 saturated heterocycles. The molecule has 1 N–H and O–H groups in total. The third-order valence-corrected chi connectivity index (χ3v) is 3.02. The average Bonchev–Trinajstić information content (AvgIpc) is 2.74. The summed E-state index contributed by atoms with van der Waals surface area (Å²) in [5.41, 5.74) is 2.07. The second-order valence-electron chi connectivity index (χ2n) is 3.81. The molecule has 0 fully saturated rings. The molecule has 6 heteroatoms. The van der Waals surface area contributed by atoms with Gasteiger partial charge in [0.2, 0.25) is 0 Å². The van der Waals surface area contributed by atoms with Crippen molar-refractivity contribution in [3.8, 4) is 18.2 Å². The lowest BCUT2D eigenvalue weighted by Crippen LogP contribution is -3.09. The van der Waals surface area contributed by atoms with Gasteiger partial charge in [0.05, 0.1) is 25.3 Å². The maximum absolute atomic E-state index is 5.37. The first-order valence-corrected chi connectivity index (χ1v) is 5.94. The van der Waals surface area contributed by atoms with Crippen molar-refractivity contribution in [3.05, 3.63) is 11.8 Å². The van der Waals surface area contributed by atoms with Crippen LogP contribution in [0.4, 0.5) is 0 Å². The minimum absolute atomic E-state index is 0. The number of ether oxygens (including phenoxy) is 1. The van der Waals surface area contributed by atoms with E-state index in [1.807, 2.05) is 0 Å². The topological polar surface area (TPSA) is 39.5 Å². The smallest absolute Gasteiger partial charge is 0.254 e. The number of nitrogens with one attached hydrogen (secondary N) is 1. The number of halogens is 1. The Morgan fingerprint density at radius 1 is 1.59 bits per heavy atom. The van der Waals surface area contributed by atoms with Gasteiger partial charge in [-0.1, -0.05) is 12.0 Å². The van der Waals surface area contributed by atoms with Gasteiger partial charge in [-0.15, -0.1) is 10.8 Å². The number of quaternary nitrogens is 1. The average molecular weight is 272 g/mol. The van der Waals surface area contributed by atoms with E-state index < -0.39 is 0 Å². The van der Waals surface area contributed by atoms with Crippen LogP contribution in [0, 0.1) is 12.3 Å². The third kappa shape index (κ3) is 3.43. The van der Waals surface area contributed by atoms with Crippen molar-refractivity contribution >= 4 is 17.3 Å². The zero-order chi connectivity index (χ0) is 11.4. The molecule has 2 rings (SSSR count). The van der Waals surface area contributed by atoms with E-state index in [2.05, 4.69) is 27.8 Å². The number of terminal acetylenes is 1. The maximum Gasteiger partial charge on any atom is 0.254 e. The van der Waals surface area contributed by atoms with E-state index in [-0.39, 0.29) is 19.0 Å². The molecule has 0 amide bonds. The van der Waals surface area contributed by atoms with Crippen molar-refractivity contribution in [1.82, 2.24) is 8.75 Å². The third-order valence-electron chi connectivity index (χ3n) is 2.51. The molecule has 92 valence electrons. The van der Waals surface area contributed by atoms with Crippen LogP contribution in [0.2, 0.25) is 0 Å². The number of likely N-dealkylation sites (N-methyl/N-ethyl adjacent to an activating group) is 1. The summed E-state index contributed by atoms with van der Waals surface area (Å²) in [7, 11) is 2.18. The first kappa shape index (κ1) is 14.0. The Morgan fingerprint density at radius 3 is 3.12 bits per heavy atom. The zero-order valence-electron chi connectivity index (χ0n) is 9.57. The summed E-state index contributed by atoms with van der Waals surface area (Å²) in [6.45, 7) is 2.38. The molecule has 0 radical (unpaired) electrons. The highest BCUT2D eigenvalue weighted by atomic mass is 35.5. The molecule has 1 aromatic heterocycles. The predicted octanol–water partition coefficient (Wildman–Crippen LogP) is -3.14. The van der Waals surface area contributed by atoms with Gasteiger partial charge < -0.3 is 22.0 Å². The van der Waals surface area contributed by atoms with Gasteiger partial charge in [-0.05, 0) is 0 Å². The monoisotopic (exact) mass is 271 g/mol. The number of rotatable bonds is 3. The Labute approximate surface area is 111 Å². The molecule has 0 bridgehead atoms. The van der Waals surface area contributed by atoms with E-state index in [9.17, 15) is 0 Å². The van der Waals surface area contributed by atoms with Gasteiger partial charge in [0.15, 0.2) is 6.61 Å². The minimum Gasteiger partial charge on any atom is -1.00 e. The van der Waals surface area contributed by atoms with Crippen LogP contribution in [-0.2, 0) is 0 Å². The van der Waals surface area contributed by atoms with Crippen LogP contribution in [-0.4, -0.2) is 35.5 Å². The van der Waals surface area contributed by atoms with Crippen LogP contribution < -0.4 is 22.0 Å². The van der Waals surface area contributed by atoms with E-state index in [4.69, 9.17) is 11.2 Å². The van der Waals surface area contributed by atoms with E-state index >= 15 is 0 Å². The zero-order valence-corrected chi connectivity index (χ0v) is 11.1. The lowest BCUT2D eigenvalue weighted by molar-refractivity contribution is -0.872. The lowest BCUT2D eigenvalue weighted by Gasteiger charge is -2.19. The van der Waals surface area contributed by atoms with Gasteiger partial charge in [0, 0.05) is 12.0 Å². The maximum atomic E-state index is 5.37. The lowest BCUT2D eigenvalue weighted by atomic mass is 10.1. The Balaban J connectivity index is 0.00000144. The van der Waals surface area contributed by atoms with Gasteiger partial charge >= 0.3 is 0 Å². The summed E-state index contributed by atoms with van der Waals surface area (Å²) in [4.78, 5) is 1.48. The van der Waals surface area contributed by atoms with E-state index in [0.29, 0.717) is 5.88 Å². The standard InChI is InChI=1S/C11H13N3OS.ClH/c1-3-7-15-11-10(12-16-13-11)9-5-4-6-14(2)8-9;/h1,5H,4,6-8H2,2H3;1H.